The van der Waals surface area contributed by atoms with Crippen molar-refractivity contribution in [1.29, 1.82) is 0 Å². The van der Waals surface area contributed by atoms with Crippen LogP contribution in [-0.2, 0) is 9.59 Å². The lowest BCUT2D eigenvalue weighted by molar-refractivity contribution is -0.137. The molecule has 1 aromatic rings. The van der Waals surface area contributed by atoms with Crippen LogP contribution >= 0.6 is 11.8 Å². The minimum atomic E-state index is -0.392. The molecule has 1 aliphatic carbocycles. The first kappa shape index (κ1) is 32.0. The fourth-order valence-electron chi connectivity index (χ4n) is 7.15. The molecular formula is C35H50N6O3S. The summed E-state index contributed by atoms with van der Waals surface area (Å²) in [6.45, 7) is 13.2. The van der Waals surface area contributed by atoms with Crippen LogP contribution in [0.3, 0.4) is 0 Å². The van der Waals surface area contributed by atoms with Gasteiger partial charge in [-0.2, -0.15) is 0 Å². The summed E-state index contributed by atoms with van der Waals surface area (Å²) in [5.41, 5.74) is 4.75. The molecule has 5 aliphatic rings. The van der Waals surface area contributed by atoms with Crippen LogP contribution in [0.25, 0.3) is 0 Å². The first-order chi connectivity index (χ1) is 21.6. The van der Waals surface area contributed by atoms with E-state index in [9.17, 15) is 14.4 Å². The molecule has 4 amide bonds. The van der Waals surface area contributed by atoms with Gasteiger partial charge in [0.15, 0.2) is 0 Å². The lowest BCUT2D eigenvalue weighted by Crippen LogP contribution is -2.54. The van der Waals surface area contributed by atoms with Crippen LogP contribution in [0, 0.1) is 5.41 Å². The number of nitrogens with one attached hydrogen (secondary N) is 1. The van der Waals surface area contributed by atoms with Crippen molar-refractivity contribution in [1.82, 2.24) is 24.9 Å². The molecule has 4 aliphatic heterocycles. The Labute approximate surface area is 273 Å². The Hall–Kier alpha value is -2.98. The Balaban J connectivity index is 1.12. The van der Waals surface area contributed by atoms with Crippen molar-refractivity contribution >= 4 is 35.3 Å². The molecular weight excluding hydrogens is 584 g/mol. The van der Waals surface area contributed by atoms with Crippen molar-refractivity contribution in [3.63, 3.8) is 0 Å². The second-order valence-electron chi connectivity index (χ2n) is 14.5. The Morgan fingerprint density at radius 1 is 1.02 bits per heavy atom. The van der Waals surface area contributed by atoms with Gasteiger partial charge in [0.05, 0.1) is 5.25 Å². The second kappa shape index (κ2) is 13.4. The standard InChI is InChI=1S/C35H50N6O3S/c1-35(2,3)15-18-40-32(43)30(45-33(40)27-10-6-8-12-29(27)38-21-19-37(4)20-22-38)23-31(42)39-16-13-26(14-17-39)41-24-25-9-5-7-11-28(25)36-34(41)44/h5-6,8-10,12,26,30,33H,7,11,13-24H2,1-4H3,(H,36,44)/t30-,33+/m0/s1. The Morgan fingerprint density at radius 2 is 1.76 bits per heavy atom. The van der Waals surface area contributed by atoms with E-state index in [-0.39, 0.29) is 41.1 Å². The Morgan fingerprint density at radius 3 is 2.49 bits per heavy atom. The number of likely N-dealkylation sites (tertiary alicyclic amines) is 1. The van der Waals surface area contributed by atoms with E-state index >= 15 is 0 Å². The van der Waals surface area contributed by atoms with Crippen LogP contribution < -0.4 is 10.2 Å². The minimum absolute atomic E-state index is 0.0139. The van der Waals surface area contributed by atoms with Crippen molar-refractivity contribution in [3.05, 3.63) is 53.3 Å². The number of carbonyl (C=O) groups is 3. The summed E-state index contributed by atoms with van der Waals surface area (Å²) in [6, 6.07) is 8.65. The smallest absolute Gasteiger partial charge is 0.322 e. The summed E-state index contributed by atoms with van der Waals surface area (Å²) >= 11 is 1.65. The topological polar surface area (TPSA) is 79.4 Å². The molecule has 3 saturated heterocycles. The van der Waals surface area contributed by atoms with Gasteiger partial charge in [-0.1, -0.05) is 51.1 Å². The first-order valence-corrected chi connectivity index (χ1v) is 17.7. The molecule has 0 radical (unpaired) electrons. The molecule has 4 heterocycles. The maximum absolute atomic E-state index is 14.0. The normalized spacial score (nSPS) is 25.2. The zero-order chi connectivity index (χ0) is 31.7. The van der Waals surface area contributed by atoms with Crippen LogP contribution in [0.4, 0.5) is 10.5 Å². The average Bonchev–Trinajstić information content (AvgIpc) is 3.34. The molecule has 0 saturated carbocycles. The summed E-state index contributed by atoms with van der Waals surface area (Å²) in [4.78, 5) is 51.3. The number of benzene rings is 1. The summed E-state index contributed by atoms with van der Waals surface area (Å²) in [5, 5.41) is 2.61. The lowest BCUT2D eigenvalue weighted by Gasteiger charge is -2.41. The van der Waals surface area contributed by atoms with Gasteiger partial charge in [0, 0.05) is 81.8 Å². The molecule has 1 aromatic carbocycles. The third-order valence-electron chi connectivity index (χ3n) is 10.0. The number of hydrogen-bond donors (Lipinski definition) is 1. The highest BCUT2D eigenvalue weighted by molar-refractivity contribution is 8.01. The molecule has 0 aromatic heterocycles. The van der Waals surface area contributed by atoms with E-state index in [4.69, 9.17) is 0 Å². The number of para-hydroxylation sites is 1. The van der Waals surface area contributed by atoms with E-state index in [0.29, 0.717) is 26.2 Å². The van der Waals surface area contributed by atoms with Gasteiger partial charge in [0.25, 0.3) is 0 Å². The molecule has 9 nitrogen and oxygen atoms in total. The summed E-state index contributed by atoms with van der Waals surface area (Å²) in [6.07, 6.45) is 8.83. The zero-order valence-electron chi connectivity index (χ0n) is 27.5. The molecule has 0 unspecified atom stereocenters. The number of likely N-dealkylation sites (N-methyl/N-ethyl adjacent to an activating group) is 1. The van der Waals surface area contributed by atoms with Gasteiger partial charge >= 0.3 is 6.03 Å². The second-order valence-corrected chi connectivity index (χ2v) is 15.8. The number of piperidine rings is 1. The van der Waals surface area contributed by atoms with E-state index in [1.165, 1.54) is 16.8 Å². The number of allylic oxidation sites excluding steroid dienone is 2. The van der Waals surface area contributed by atoms with Gasteiger partial charge in [0.2, 0.25) is 11.8 Å². The van der Waals surface area contributed by atoms with Crippen molar-refractivity contribution in [2.45, 2.75) is 76.0 Å². The van der Waals surface area contributed by atoms with Gasteiger partial charge in [0.1, 0.15) is 5.37 Å². The molecule has 2 atom stereocenters. The maximum Gasteiger partial charge on any atom is 0.322 e. The number of anilines is 1. The fraction of sp³-hybridized carbons (Fsp3) is 0.629. The molecule has 0 spiro atoms. The SMILES string of the molecule is CN1CCN(c2ccccc2[C@H]2S[C@@H](CC(=O)N3CCC(N4CC5=C(CCC=C5)NC4=O)CC3)C(=O)N2CCC(C)(C)C)CC1. The number of amides is 4. The van der Waals surface area contributed by atoms with Crippen LogP contribution in [0.1, 0.15) is 70.2 Å². The Kier molecular flexibility index (Phi) is 9.52. The molecule has 45 heavy (non-hydrogen) atoms. The largest absolute Gasteiger partial charge is 0.369 e. The maximum atomic E-state index is 14.0. The van der Waals surface area contributed by atoms with Crippen LogP contribution in [0.15, 0.2) is 47.7 Å². The van der Waals surface area contributed by atoms with E-state index < -0.39 is 5.25 Å². The predicted octanol–water partition coefficient (Wildman–Crippen LogP) is 4.83. The van der Waals surface area contributed by atoms with Gasteiger partial charge in [-0.15, -0.1) is 11.8 Å². The Bertz CT molecular complexity index is 1340. The minimum Gasteiger partial charge on any atom is -0.369 e. The van der Waals surface area contributed by atoms with Gasteiger partial charge in [-0.05, 0) is 56.2 Å². The number of rotatable bonds is 7. The van der Waals surface area contributed by atoms with E-state index in [0.717, 1.165) is 64.0 Å². The number of urea groups is 1. The number of piperazine rings is 1. The predicted molar refractivity (Wildman–Crippen MR) is 181 cm³/mol. The zero-order valence-corrected chi connectivity index (χ0v) is 28.3. The monoisotopic (exact) mass is 634 g/mol. The highest BCUT2D eigenvalue weighted by Crippen LogP contribution is 2.48. The summed E-state index contributed by atoms with van der Waals surface area (Å²) in [5.74, 6) is 0.131. The third kappa shape index (κ3) is 7.22. The summed E-state index contributed by atoms with van der Waals surface area (Å²) in [7, 11) is 2.17. The molecule has 0 bridgehead atoms. The highest BCUT2D eigenvalue weighted by Gasteiger charge is 2.44. The van der Waals surface area contributed by atoms with Crippen molar-refractivity contribution < 1.29 is 14.4 Å². The van der Waals surface area contributed by atoms with Crippen LogP contribution in [0.5, 0.6) is 0 Å². The number of thioether (sulfide) groups is 1. The molecule has 10 heteroatoms. The van der Waals surface area contributed by atoms with E-state index in [1.54, 1.807) is 11.8 Å². The fourth-order valence-corrected chi connectivity index (χ4v) is 8.65. The van der Waals surface area contributed by atoms with Gasteiger partial charge in [-0.25, -0.2) is 4.79 Å². The van der Waals surface area contributed by atoms with E-state index in [1.807, 2.05) is 14.7 Å². The van der Waals surface area contributed by atoms with Crippen molar-refractivity contribution in [2.75, 3.05) is 64.3 Å². The number of nitrogens with zero attached hydrogens (tertiary/aromatic N) is 5. The highest BCUT2D eigenvalue weighted by atomic mass is 32.2. The molecule has 244 valence electrons. The average molecular weight is 635 g/mol. The van der Waals surface area contributed by atoms with Gasteiger partial charge in [-0.3, -0.25) is 9.59 Å². The van der Waals surface area contributed by atoms with Crippen molar-refractivity contribution in [2.24, 2.45) is 5.41 Å². The first-order valence-electron chi connectivity index (χ1n) is 16.8. The van der Waals surface area contributed by atoms with Gasteiger partial charge < -0.3 is 29.8 Å². The summed E-state index contributed by atoms with van der Waals surface area (Å²) < 4.78 is 0. The quantitative estimate of drug-likeness (QED) is 0.463. The number of carbonyl (C=O) groups excluding carboxylic acids is 3. The number of hydrogen-bond acceptors (Lipinski definition) is 6. The molecule has 1 N–H and O–H groups in total. The van der Waals surface area contributed by atoms with Crippen LogP contribution in [0.2, 0.25) is 0 Å². The molecule has 6 rings (SSSR count). The van der Waals surface area contributed by atoms with E-state index in [2.05, 4.69) is 79.4 Å². The van der Waals surface area contributed by atoms with Crippen molar-refractivity contribution in [3.8, 4) is 0 Å². The van der Waals surface area contributed by atoms with Crippen LogP contribution in [-0.4, -0.2) is 108 Å². The third-order valence-corrected chi connectivity index (χ3v) is 11.5. The molecule has 3 fully saturated rings. The lowest BCUT2D eigenvalue weighted by atomic mass is 9.92.